The standard InChI is InChI=1S/C13H20N2O/c14-13-6-2-1-4-11(13)10-15-8-7-12-5-3-9-16-12/h1-2,4,6,12,15H,3,5,7-10,14H2. The molecule has 3 heteroatoms. The van der Waals surface area contributed by atoms with Crippen molar-refractivity contribution < 1.29 is 4.74 Å². The first-order chi connectivity index (χ1) is 7.86. The molecule has 1 unspecified atom stereocenters. The topological polar surface area (TPSA) is 47.3 Å². The molecular formula is C13H20N2O. The molecule has 3 nitrogen and oxygen atoms in total. The van der Waals surface area contributed by atoms with Gasteiger partial charge in [-0.1, -0.05) is 18.2 Å². The maximum atomic E-state index is 5.86. The molecule has 0 spiro atoms. The van der Waals surface area contributed by atoms with E-state index < -0.39 is 0 Å². The van der Waals surface area contributed by atoms with E-state index in [1.54, 1.807) is 0 Å². The van der Waals surface area contributed by atoms with E-state index in [9.17, 15) is 0 Å². The normalized spacial score (nSPS) is 20.1. The van der Waals surface area contributed by atoms with Crippen LogP contribution in [-0.4, -0.2) is 19.3 Å². The van der Waals surface area contributed by atoms with Crippen LogP contribution in [-0.2, 0) is 11.3 Å². The van der Waals surface area contributed by atoms with Gasteiger partial charge in [-0.05, 0) is 37.4 Å². The Morgan fingerprint density at radius 1 is 1.38 bits per heavy atom. The van der Waals surface area contributed by atoms with Crippen LogP contribution in [0.25, 0.3) is 0 Å². The number of hydrogen-bond donors (Lipinski definition) is 2. The molecule has 1 aromatic carbocycles. The lowest BCUT2D eigenvalue weighted by atomic mass is 10.1. The molecule has 1 aromatic rings. The monoisotopic (exact) mass is 220 g/mol. The predicted octanol–water partition coefficient (Wildman–Crippen LogP) is 1.93. The first kappa shape index (κ1) is 11.4. The van der Waals surface area contributed by atoms with Gasteiger partial charge in [-0.3, -0.25) is 0 Å². The van der Waals surface area contributed by atoms with E-state index in [0.717, 1.165) is 31.8 Å². The van der Waals surface area contributed by atoms with Crippen LogP contribution in [0.4, 0.5) is 5.69 Å². The van der Waals surface area contributed by atoms with Crippen molar-refractivity contribution in [1.82, 2.24) is 5.32 Å². The Hall–Kier alpha value is -1.06. The van der Waals surface area contributed by atoms with Crippen LogP contribution in [0.2, 0.25) is 0 Å². The van der Waals surface area contributed by atoms with E-state index in [1.165, 1.54) is 18.4 Å². The largest absolute Gasteiger partial charge is 0.398 e. The van der Waals surface area contributed by atoms with Crippen LogP contribution in [0.15, 0.2) is 24.3 Å². The van der Waals surface area contributed by atoms with Gasteiger partial charge in [0.15, 0.2) is 0 Å². The van der Waals surface area contributed by atoms with Gasteiger partial charge in [-0.25, -0.2) is 0 Å². The zero-order chi connectivity index (χ0) is 11.2. The van der Waals surface area contributed by atoms with E-state index in [2.05, 4.69) is 11.4 Å². The minimum atomic E-state index is 0.473. The number of hydrogen-bond acceptors (Lipinski definition) is 3. The summed E-state index contributed by atoms with van der Waals surface area (Å²) in [6.45, 7) is 2.79. The maximum Gasteiger partial charge on any atom is 0.0588 e. The first-order valence-corrected chi connectivity index (χ1v) is 6.02. The molecule has 3 N–H and O–H groups in total. The minimum absolute atomic E-state index is 0.473. The van der Waals surface area contributed by atoms with Crippen molar-refractivity contribution in [3.05, 3.63) is 29.8 Å². The summed E-state index contributed by atoms with van der Waals surface area (Å²) in [4.78, 5) is 0. The Bertz CT molecular complexity index is 321. The number of nitrogens with one attached hydrogen (secondary N) is 1. The second-order valence-electron chi connectivity index (χ2n) is 4.30. The third-order valence-corrected chi connectivity index (χ3v) is 3.04. The Morgan fingerprint density at radius 2 is 2.25 bits per heavy atom. The van der Waals surface area contributed by atoms with E-state index in [4.69, 9.17) is 10.5 Å². The number of benzene rings is 1. The van der Waals surface area contributed by atoms with Crippen molar-refractivity contribution in [1.29, 1.82) is 0 Å². The molecule has 0 aromatic heterocycles. The van der Waals surface area contributed by atoms with Gasteiger partial charge in [0.25, 0.3) is 0 Å². The predicted molar refractivity (Wildman–Crippen MR) is 66.2 cm³/mol. The fourth-order valence-corrected chi connectivity index (χ4v) is 2.05. The molecule has 88 valence electrons. The Labute approximate surface area is 97.0 Å². The highest BCUT2D eigenvalue weighted by Crippen LogP contribution is 2.14. The first-order valence-electron chi connectivity index (χ1n) is 6.02. The van der Waals surface area contributed by atoms with Crippen LogP contribution in [0.5, 0.6) is 0 Å². The van der Waals surface area contributed by atoms with Crippen LogP contribution in [0.1, 0.15) is 24.8 Å². The highest BCUT2D eigenvalue weighted by molar-refractivity contribution is 5.46. The zero-order valence-corrected chi connectivity index (χ0v) is 9.61. The molecule has 1 heterocycles. The lowest BCUT2D eigenvalue weighted by molar-refractivity contribution is 0.104. The summed E-state index contributed by atoms with van der Waals surface area (Å²) in [5.74, 6) is 0. The number of anilines is 1. The molecule has 1 aliphatic rings. The minimum Gasteiger partial charge on any atom is -0.398 e. The summed E-state index contributed by atoms with van der Waals surface area (Å²) in [6, 6.07) is 7.99. The Morgan fingerprint density at radius 3 is 3.00 bits per heavy atom. The highest BCUT2D eigenvalue weighted by Gasteiger charge is 2.14. The van der Waals surface area contributed by atoms with E-state index in [1.807, 2.05) is 18.2 Å². The second-order valence-corrected chi connectivity index (χ2v) is 4.30. The molecule has 0 radical (unpaired) electrons. The van der Waals surface area contributed by atoms with Gasteiger partial charge in [0.2, 0.25) is 0 Å². The van der Waals surface area contributed by atoms with Gasteiger partial charge in [-0.15, -0.1) is 0 Å². The van der Waals surface area contributed by atoms with Gasteiger partial charge >= 0.3 is 0 Å². The fourth-order valence-electron chi connectivity index (χ4n) is 2.05. The third-order valence-electron chi connectivity index (χ3n) is 3.04. The number of rotatable bonds is 5. The Kier molecular flexibility index (Phi) is 4.19. The molecule has 1 fully saturated rings. The lowest BCUT2D eigenvalue weighted by Gasteiger charge is -2.10. The molecule has 0 amide bonds. The maximum absolute atomic E-state index is 5.86. The quantitative estimate of drug-likeness (QED) is 0.589. The van der Waals surface area contributed by atoms with Gasteiger partial charge in [0, 0.05) is 18.8 Å². The van der Waals surface area contributed by atoms with Gasteiger partial charge in [-0.2, -0.15) is 0 Å². The summed E-state index contributed by atoms with van der Waals surface area (Å²) in [6.07, 6.45) is 4.01. The molecule has 0 bridgehead atoms. The number of nitrogen functional groups attached to an aromatic ring is 1. The van der Waals surface area contributed by atoms with Gasteiger partial charge < -0.3 is 15.8 Å². The smallest absolute Gasteiger partial charge is 0.0588 e. The van der Waals surface area contributed by atoms with Crippen molar-refractivity contribution in [3.63, 3.8) is 0 Å². The Balaban J connectivity index is 1.66. The molecule has 1 atom stereocenters. The molecule has 1 aliphatic heterocycles. The highest BCUT2D eigenvalue weighted by atomic mass is 16.5. The summed E-state index contributed by atoms with van der Waals surface area (Å²) in [5.41, 5.74) is 7.90. The van der Waals surface area contributed by atoms with Crippen molar-refractivity contribution in [2.24, 2.45) is 0 Å². The van der Waals surface area contributed by atoms with Crippen LogP contribution in [0, 0.1) is 0 Å². The third kappa shape index (κ3) is 3.22. The van der Waals surface area contributed by atoms with Gasteiger partial charge in [0.1, 0.15) is 0 Å². The molecule has 1 saturated heterocycles. The number of para-hydroxylation sites is 1. The fraction of sp³-hybridized carbons (Fsp3) is 0.538. The van der Waals surface area contributed by atoms with Crippen molar-refractivity contribution >= 4 is 5.69 Å². The lowest BCUT2D eigenvalue weighted by Crippen LogP contribution is -2.20. The van der Waals surface area contributed by atoms with Crippen molar-refractivity contribution in [2.75, 3.05) is 18.9 Å². The van der Waals surface area contributed by atoms with Crippen molar-refractivity contribution in [3.8, 4) is 0 Å². The molecule has 2 rings (SSSR count). The molecule has 0 aliphatic carbocycles. The molecular weight excluding hydrogens is 200 g/mol. The average Bonchev–Trinajstić information content (AvgIpc) is 2.79. The number of nitrogens with two attached hydrogens (primary N) is 1. The summed E-state index contributed by atoms with van der Waals surface area (Å²) in [7, 11) is 0. The molecule has 16 heavy (non-hydrogen) atoms. The van der Waals surface area contributed by atoms with Crippen molar-refractivity contribution in [2.45, 2.75) is 31.9 Å². The second kappa shape index (κ2) is 5.87. The number of ether oxygens (including phenoxy) is 1. The van der Waals surface area contributed by atoms with E-state index in [-0.39, 0.29) is 0 Å². The average molecular weight is 220 g/mol. The van der Waals surface area contributed by atoms with Crippen LogP contribution < -0.4 is 11.1 Å². The van der Waals surface area contributed by atoms with Crippen LogP contribution >= 0.6 is 0 Å². The van der Waals surface area contributed by atoms with E-state index in [0.29, 0.717) is 6.10 Å². The SMILES string of the molecule is Nc1ccccc1CNCCC1CCCO1. The summed E-state index contributed by atoms with van der Waals surface area (Å²) >= 11 is 0. The van der Waals surface area contributed by atoms with Gasteiger partial charge in [0.05, 0.1) is 6.10 Å². The summed E-state index contributed by atoms with van der Waals surface area (Å²) in [5, 5.41) is 3.41. The molecule has 0 saturated carbocycles. The van der Waals surface area contributed by atoms with Crippen LogP contribution in [0.3, 0.4) is 0 Å². The summed E-state index contributed by atoms with van der Waals surface area (Å²) < 4.78 is 5.56. The van der Waals surface area contributed by atoms with E-state index >= 15 is 0 Å². The zero-order valence-electron chi connectivity index (χ0n) is 9.61.